The van der Waals surface area contributed by atoms with E-state index in [4.69, 9.17) is 14.2 Å². The van der Waals surface area contributed by atoms with Crippen LogP contribution in [-0.2, 0) is 28.6 Å². The SMILES string of the molecule is CCCCCCCCCCCCCCCCCCCCCCCCCCCCCCCCCC(=O)OCC(COC(=O)CCCCCCCCC)OC(=O)CCCCCCCCCCCCCCCCCCCCCCCCCC. The van der Waals surface area contributed by atoms with Crippen LogP contribution in [0.2, 0.25) is 0 Å². The van der Waals surface area contributed by atoms with Crippen LogP contribution in [0.5, 0.6) is 0 Å². The molecule has 0 aromatic heterocycles. The lowest BCUT2D eigenvalue weighted by molar-refractivity contribution is -0.167. The third-order valence-corrected chi connectivity index (χ3v) is 17.4. The van der Waals surface area contributed by atoms with Gasteiger partial charge in [-0.2, -0.15) is 0 Å². The van der Waals surface area contributed by atoms with Crippen LogP contribution in [0, 0.1) is 0 Å². The van der Waals surface area contributed by atoms with Gasteiger partial charge in [0.15, 0.2) is 6.10 Å². The Kier molecular flexibility index (Phi) is 68.5. The second kappa shape index (κ2) is 69.9. The van der Waals surface area contributed by atoms with Crippen molar-refractivity contribution >= 4 is 17.9 Å². The summed E-state index contributed by atoms with van der Waals surface area (Å²) in [7, 11) is 0. The molecule has 476 valence electrons. The minimum atomic E-state index is -0.762. The molecule has 6 nitrogen and oxygen atoms in total. The van der Waals surface area contributed by atoms with Gasteiger partial charge in [0.05, 0.1) is 0 Å². The number of carbonyl (C=O) groups excluding carboxylic acids is 3. The first-order chi connectivity index (χ1) is 39.5. The van der Waals surface area contributed by atoms with Crippen molar-refractivity contribution in [3.8, 4) is 0 Å². The van der Waals surface area contributed by atoms with Gasteiger partial charge in [0.1, 0.15) is 13.2 Å². The fourth-order valence-electron chi connectivity index (χ4n) is 11.8. The summed E-state index contributed by atoms with van der Waals surface area (Å²) in [6.07, 6.45) is 83.4. The van der Waals surface area contributed by atoms with Gasteiger partial charge in [-0.1, -0.05) is 400 Å². The topological polar surface area (TPSA) is 78.9 Å². The van der Waals surface area contributed by atoms with Gasteiger partial charge in [-0.25, -0.2) is 0 Å². The lowest BCUT2D eigenvalue weighted by Crippen LogP contribution is -2.30. The number of rotatable bonds is 70. The quantitative estimate of drug-likeness (QED) is 0.0343. The van der Waals surface area contributed by atoms with Crippen LogP contribution in [0.4, 0.5) is 0 Å². The predicted octanol–water partition coefficient (Wildman–Crippen LogP) is 25.4. The molecule has 6 heteroatoms. The van der Waals surface area contributed by atoms with Gasteiger partial charge in [-0.05, 0) is 19.3 Å². The molecule has 0 N–H and O–H groups in total. The first kappa shape index (κ1) is 78.4. The fourth-order valence-corrected chi connectivity index (χ4v) is 11.8. The fraction of sp³-hybridized carbons (Fsp3) is 0.959. The molecule has 0 rings (SSSR count). The molecule has 0 aromatic rings. The number of ether oxygens (including phenoxy) is 3. The van der Waals surface area contributed by atoms with E-state index < -0.39 is 6.10 Å². The highest BCUT2D eigenvalue weighted by Crippen LogP contribution is 2.20. The summed E-state index contributed by atoms with van der Waals surface area (Å²) in [5.74, 6) is -0.831. The molecule has 0 aliphatic carbocycles. The van der Waals surface area contributed by atoms with E-state index in [0.29, 0.717) is 19.3 Å². The van der Waals surface area contributed by atoms with Gasteiger partial charge in [0, 0.05) is 19.3 Å². The molecule has 80 heavy (non-hydrogen) atoms. The summed E-state index contributed by atoms with van der Waals surface area (Å²) < 4.78 is 16.9. The average Bonchev–Trinajstić information content (AvgIpc) is 3.46. The normalized spacial score (nSPS) is 11.9. The Morgan fingerprint density at radius 3 is 0.500 bits per heavy atom. The molecule has 0 radical (unpaired) electrons. The van der Waals surface area contributed by atoms with E-state index in [-0.39, 0.29) is 31.1 Å². The first-order valence-electron chi connectivity index (χ1n) is 37.0. The van der Waals surface area contributed by atoms with E-state index >= 15 is 0 Å². The molecule has 0 spiro atoms. The molecule has 0 aliphatic heterocycles. The van der Waals surface area contributed by atoms with Crippen molar-refractivity contribution in [2.24, 2.45) is 0 Å². The van der Waals surface area contributed by atoms with E-state index in [1.807, 2.05) is 0 Å². The number of esters is 3. The molecular weight excluding hydrogens is 985 g/mol. The van der Waals surface area contributed by atoms with Crippen molar-refractivity contribution in [2.75, 3.05) is 13.2 Å². The van der Waals surface area contributed by atoms with Gasteiger partial charge >= 0.3 is 17.9 Å². The highest BCUT2D eigenvalue weighted by Gasteiger charge is 2.20. The summed E-state index contributed by atoms with van der Waals surface area (Å²) in [5, 5.41) is 0. The van der Waals surface area contributed by atoms with Crippen molar-refractivity contribution in [3.63, 3.8) is 0 Å². The molecule has 0 amide bonds. The van der Waals surface area contributed by atoms with Crippen LogP contribution in [0.15, 0.2) is 0 Å². The summed E-state index contributed by atoms with van der Waals surface area (Å²) in [6.45, 7) is 6.70. The minimum absolute atomic E-state index is 0.0612. The zero-order valence-corrected chi connectivity index (χ0v) is 54.9. The Balaban J connectivity index is 3.94. The Labute approximate surface area is 501 Å². The molecule has 1 atom stereocenters. The Morgan fingerprint density at radius 1 is 0.200 bits per heavy atom. The highest BCUT2D eigenvalue weighted by molar-refractivity contribution is 5.71. The van der Waals surface area contributed by atoms with E-state index in [2.05, 4.69) is 20.8 Å². The van der Waals surface area contributed by atoms with Crippen LogP contribution < -0.4 is 0 Å². The third kappa shape index (κ3) is 67.2. The smallest absolute Gasteiger partial charge is 0.306 e. The van der Waals surface area contributed by atoms with Gasteiger partial charge in [-0.3, -0.25) is 14.4 Å². The number of unbranched alkanes of at least 4 members (excludes halogenated alkanes) is 59. The molecule has 1 unspecified atom stereocenters. The van der Waals surface area contributed by atoms with Crippen LogP contribution in [0.25, 0.3) is 0 Å². The molecular formula is C74H144O6. The van der Waals surface area contributed by atoms with E-state index in [0.717, 1.165) is 57.8 Å². The lowest BCUT2D eigenvalue weighted by Gasteiger charge is -2.18. The Bertz CT molecular complexity index is 1200. The molecule has 0 aliphatic rings. The number of carbonyl (C=O) groups is 3. The second-order valence-corrected chi connectivity index (χ2v) is 25.6. The average molecular weight is 1130 g/mol. The van der Waals surface area contributed by atoms with Crippen molar-refractivity contribution in [1.82, 2.24) is 0 Å². The monoisotopic (exact) mass is 1130 g/mol. The van der Waals surface area contributed by atoms with Crippen molar-refractivity contribution in [1.29, 1.82) is 0 Å². The van der Waals surface area contributed by atoms with Gasteiger partial charge < -0.3 is 14.2 Å². The van der Waals surface area contributed by atoms with Gasteiger partial charge in [0.25, 0.3) is 0 Å². The van der Waals surface area contributed by atoms with E-state index in [1.54, 1.807) is 0 Å². The van der Waals surface area contributed by atoms with E-state index in [1.165, 1.54) is 340 Å². The number of hydrogen-bond acceptors (Lipinski definition) is 6. The predicted molar refractivity (Wildman–Crippen MR) is 349 cm³/mol. The molecule has 0 saturated carbocycles. The van der Waals surface area contributed by atoms with Crippen LogP contribution in [0.3, 0.4) is 0 Å². The zero-order valence-electron chi connectivity index (χ0n) is 54.9. The summed E-state index contributed by atoms with van der Waals surface area (Å²) in [4.78, 5) is 38.2. The summed E-state index contributed by atoms with van der Waals surface area (Å²) >= 11 is 0. The first-order valence-corrected chi connectivity index (χ1v) is 37.0. The van der Waals surface area contributed by atoms with Gasteiger partial charge in [-0.15, -0.1) is 0 Å². The Hall–Kier alpha value is -1.59. The maximum atomic E-state index is 12.9. The molecule has 0 saturated heterocycles. The number of hydrogen-bond donors (Lipinski definition) is 0. The lowest BCUT2D eigenvalue weighted by atomic mass is 10.0. The zero-order chi connectivity index (χ0) is 57.8. The second-order valence-electron chi connectivity index (χ2n) is 25.6. The molecule has 0 bridgehead atoms. The maximum absolute atomic E-state index is 12.9. The van der Waals surface area contributed by atoms with Crippen LogP contribution >= 0.6 is 0 Å². The largest absolute Gasteiger partial charge is 0.462 e. The van der Waals surface area contributed by atoms with Gasteiger partial charge in [0.2, 0.25) is 0 Å². The summed E-state index contributed by atoms with van der Waals surface area (Å²) in [5.41, 5.74) is 0. The van der Waals surface area contributed by atoms with Crippen molar-refractivity contribution in [3.05, 3.63) is 0 Å². The maximum Gasteiger partial charge on any atom is 0.306 e. The summed E-state index contributed by atoms with van der Waals surface area (Å²) in [6, 6.07) is 0. The molecule has 0 heterocycles. The third-order valence-electron chi connectivity index (χ3n) is 17.4. The molecule has 0 aromatic carbocycles. The van der Waals surface area contributed by atoms with Crippen molar-refractivity contribution in [2.45, 2.75) is 444 Å². The van der Waals surface area contributed by atoms with Crippen molar-refractivity contribution < 1.29 is 28.6 Å². The Morgan fingerprint density at radius 2 is 0.338 bits per heavy atom. The standard InChI is InChI=1S/C74H144O6/c1-4-7-10-13-16-18-20-22-24-26-28-30-32-34-35-36-37-38-39-40-42-43-45-47-49-51-53-55-58-61-64-67-73(76)79-70-71(69-78-72(75)66-63-60-57-15-12-9-6-3)80-74(77)68-65-62-59-56-54-52-50-48-46-44-41-33-31-29-27-25-23-21-19-17-14-11-8-5-2/h71H,4-70H2,1-3H3. The molecule has 0 fully saturated rings. The minimum Gasteiger partial charge on any atom is -0.462 e. The van der Waals surface area contributed by atoms with Crippen LogP contribution in [-0.4, -0.2) is 37.2 Å². The van der Waals surface area contributed by atoms with E-state index in [9.17, 15) is 14.4 Å². The van der Waals surface area contributed by atoms with Crippen LogP contribution in [0.1, 0.15) is 438 Å². The highest BCUT2D eigenvalue weighted by atomic mass is 16.6.